The summed E-state index contributed by atoms with van der Waals surface area (Å²) < 4.78 is 0. The molecule has 0 spiro atoms. The minimum Gasteiger partial charge on any atom is -0.370 e. The summed E-state index contributed by atoms with van der Waals surface area (Å²) in [6.45, 7) is 9.56. The summed E-state index contributed by atoms with van der Waals surface area (Å²) in [5, 5.41) is 3.32. The van der Waals surface area contributed by atoms with Crippen molar-refractivity contribution in [1.82, 2.24) is 14.9 Å². The first-order chi connectivity index (χ1) is 10.0. The van der Waals surface area contributed by atoms with Gasteiger partial charge in [-0.2, -0.15) is 0 Å². The highest BCUT2D eigenvalue weighted by Gasteiger charge is 2.23. The second-order valence-corrected chi connectivity index (χ2v) is 6.32. The first-order valence-electron chi connectivity index (χ1n) is 8.05. The highest BCUT2D eigenvalue weighted by atomic mass is 15.2. The Morgan fingerprint density at radius 2 is 2.19 bits per heavy atom. The Kier molecular flexibility index (Phi) is 5.39. The molecule has 1 saturated heterocycles. The number of likely N-dealkylation sites (tertiary alicyclic amines) is 1. The Bertz CT molecular complexity index is 460. The number of rotatable bonds is 5. The fourth-order valence-electron chi connectivity index (χ4n) is 2.81. The molecule has 5 heteroatoms. The van der Waals surface area contributed by atoms with Crippen LogP contribution in [0, 0.1) is 0 Å². The normalized spacial score (nSPS) is 19.8. The van der Waals surface area contributed by atoms with Crippen molar-refractivity contribution in [1.29, 1.82) is 0 Å². The summed E-state index contributed by atoms with van der Waals surface area (Å²) in [6.07, 6.45) is 2.49. The fraction of sp³-hybridized carbons (Fsp3) is 0.750. The fourth-order valence-corrected chi connectivity index (χ4v) is 2.81. The van der Waals surface area contributed by atoms with Crippen molar-refractivity contribution in [3.8, 4) is 0 Å². The van der Waals surface area contributed by atoms with E-state index in [-0.39, 0.29) is 0 Å². The van der Waals surface area contributed by atoms with Gasteiger partial charge in [-0.05, 0) is 33.4 Å². The van der Waals surface area contributed by atoms with Crippen LogP contribution in [0.15, 0.2) is 6.07 Å². The standard InChI is InChI=1S/C16H29N5/c1-6-17-14-10-15(19-16(18-14)12(2)3)21(5)13-8-7-9-20(4)11-13/h10,12-13H,6-9,11H2,1-5H3,(H,17,18,19). The summed E-state index contributed by atoms with van der Waals surface area (Å²) in [7, 11) is 4.36. The van der Waals surface area contributed by atoms with Crippen LogP contribution in [0.25, 0.3) is 0 Å². The molecule has 0 aromatic carbocycles. The SMILES string of the molecule is CCNc1cc(N(C)C2CCCN(C)C2)nc(C(C)C)n1. The van der Waals surface area contributed by atoms with Gasteiger partial charge in [-0.25, -0.2) is 9.97 Å². The molecule has 1 aromatic rings. The number of nitrogens with zero attached hydrogens (tertiary/aromatic N) is 4. The lowest BCUT2D eigenvalue weighted by atomic mass is 10.1. The lowest BCUT2D eigenvalue weighted by Gasteiger charge is -2.36. The van der Waals surface area contributed by atoms with Gasteiger partial charge in [0.25, 0.3) is 0 Å². The van der Waals surface area contributed by atoms with E-state index in [4.69, 9.17) is 4.98 Å². The molecule has 0 saturated carbocycles. The van der Waals surface area contributed by atoms with Crippen LogP contribution in [0.4, 0.5) is 11.6 Å². The van der Waals surface area contributed by atoms with Gasteiger partial charge in [0.2, 0.25) is 0 Å². The monoisotopic (exact) mass is 291 g/mol. The summed E-state index contributed by atoms with van der Waals surface area (Å²) in [6, 6.07) is 2.61. The first kappa shape index (κ1) is 16.0. The minimum atomic E-state index is 0.338. The zero-order valence-electron chi connectivity index (χ0n) is 14.1. The molecule has 1 aromatic heterocycles. The van der Waals surface area contributed by atoms with E-state index in [9.17, 15) is 0 Å². The van der Waals surface area contributed by atoms with Crippen molar-refractivity contribution in [2.24, 2.45) is 0 Å². The molecule has 1 aliphatic heterocycles. The van der Waals surface area contributed by atoms with Crippen molar-refractivity contribution >= 4 is 11.6 Å². The van der Waals surface area contributed by atoms with Crippen LogP contribution in [0.5, 0.6) is 0 Å². The zero-order chi connectivity index (χ0) is 15.4. The maximum atomic E-state index is 4.77. The van der Waals surface area contributed by atoms with Gasteiger partial charge in [0, 0.05) is 38.2 Å². The largest absolute Gasteiger partial charge is 0.370 e. The number of hydrogen-bond donors (Lipinski definition) is 1. The zero-order valence-corrected chi connectivity index (χ0v) is 14.1. The quantitative estimate of drug-likeness (QED) is 0.903. The van der Waals surface area contributed by atoms with Crippen molar-refractivity contribution in [3.63, 3.8) is 0 Å². The number of likely N-dealkylation sites (N-methyl/N-ethyl adjacent to an activating group) is 2. The molecule has 1 atom stereocenters. The molecule has 118 valence electrons. The number of piperidine rings is 1. The molecule has 1 fully saturated rings. The van der Waals surface area contributed by atoms with E-state index in [0.29, 0.717) is 12.0 Å². The van der Waals surface area contributed by atoms with Crippen molar-refractivity contribution in [2.45, 2.75) is 45.6 Å². The molecule has 1 N–H and O–H groups in total. The number of aromatic nitrogens is 2. The molecule has 0 bridgehead atoms. The van der Waals surface area contributed by atoms with E-state index in [2.05, 4.69) is 61.0 Å². The predicted octanol–water partition coefficient (Wildman–Crippen LogP) is 2.56. The highest BCUT2D eigenvalue weighted by Crippen LogP contribution is 2.23. The molecule has 2 heterocycles. The Balaban J connectivity index is 2.24. The van der Waals surface area contributed by atoms with E-state index >= 15 is 0 Å². The molecule has 2 rings (SSSR count). The van der Waals surface area contributed by atoms with Crippen LogP contribution < -0.4 is 10.2 Å². The topological polar surface area (TPSA) is 44.3 Å². The number of nitrogens with one attached hydrogen (secondary N) is 1. The van der Waals surface area contributed by atoms with Gasteiger partial charge in [-0.3, -0.25) is 0 Å². The van der Waals surface area contributed by atoms with Crippen LogP contribution in [0.1, 0.15) is 45.4 Å². The first-order valence-corrected chi connectivity index (χ1v) is 8.05. The van der Waals surface area contributed by atoms with Crippen LogP contribution in [0.3, 0.4) is 0 Å². The lowest BCUT2D eigenvalue weighted by molar-refractivity contribution is 0.247. The Labute approximate surface area is 128 Å². The average Bonchev–Trinajstić information content (AvgIpc) is 2.46. The Morgan fingerprint density at radius 3 is 2.81 bits per heavy atom. The predicted molar refractivity (Wildman–Crippen MR) is 89.2 cm³/mol. The molecule has 0 amide bonds. The Hall–Kier alpha value is -1.36. The van der Waals surface area contributed by atoms with Crippen LogP contribution >= 0.6 is 0 Å². The molecule has 5 nitrogen and oxygen atoms in total. The summed E-state index contributed by atoms with van der Waals surface area (Å²) in [4.78, 5) is 14.1. The van der Waals surface area contributed by atoms with Crippen molar-refractivity contribution in [2.75, 3.05) is 43.9 Å². The van der Waals surface area contributed by atoms with E-state index in [0.717, 1.165) is 30.5 Å². The van der Waals surface area contributed by atoms with Crippen molar-refractivity contribution < 1.29 is 0 Å². The van der Waals surface area contributed by atoms with E-state index in [1.54, 1.807) is 0 Å². The molecule has 21 heavy (non-hydrogen) atoms. The molecule has 1 aliphatic rings. The van der Waals surface area contributed by atoms with Crippen LogP contribution in [-0.4, -0.2) is 54.6 Å². The average molecular weight is 291 g/mol. The lowest BCUT2D eigenvalue weighted by Crippen LogP contribution is -2.45. The smallest absolute Gasteiger partial charge is 0.135 e. The maximum absolute atomic E-state index is 4.77. The summed E-state index contributed by atoms with van der Waals surface area (Å²) >= 11 is 0. The number of anilines is 2. The van der Waals surface area contributed by atoms with E-state index in [1.165, 1.54) is 19.4 Å². The minimum absolute atomic E-state index is 0.338. The molecular formula is C16H29N5. The highest BCUT2D eigenvalue weighted by molar-refractivity contribution is 5.50. The third kappa shape index (κ3) is 4.06. The summed E-state index contributed by atoms with van der Waals surface area (Å²) in [5.41, 5.74) is 0. The molecule has 0 aliphatic carbocycles. The second-order valence-electron chi connectivity index (χ2n) is 6.32. The number of hydrogen-bond acceptors (Lipinski definition) is 5. The second kappa shape index (κ2) is 7.07. The van der Waals surface area contributed by atoms with Crippen LogP contribution in [0.2, 0.25) is 0 Å². The van der Waals surface area contributed by atoms with Gasteiger partial charge < -0.3 is 15.1 Å². The van der Waals surface area contributed by atoms with Gasteiger partial charge in [-0.15, -0.1) is 0 Å². The van der Waals surface area contributed by atoms with Gasteiger partial charge in [-0.1, -0.05) is 13.8 Å². The third-order valence-corrected chi connectivity index (χ3v) is 4.11. The summed E-state index contributed by atoms with van der Waals surface area (Å²) in [5.74, 6) is 3.22. The van der Waals surface area contributed by atoms with Gasteiger partial charge in [0.05, 0.1) is 0 Å². The van der Waals surface area contributed by atoms with E-state index < -0.39 is 0 Å². The van der Waals surface area contributed by atoms with Gasteiger partial charge in [0.1, 0.15) is 17.5 Å². The van der Waals surface area contributed by atoms with E-state index in [1.807, 2.05) is 0 Å². The van der Waals surface area contributed by atoms with Gasteiger partial charge in [0.15, 0.2) is 0 Å². The van der Waals surface area contributed by atoms with Crippen LogP contribution in [-0.2, 0) is 0 Å². The van der Waals surface area contributed by atoms with Gasteiger partial charge >= 0.3 is 0 Å². The molecular weight excluding hydrogens is 262 g/mol. The maximum Gasteiger partial charge on any atom is 0.135 e. The third-order valence-electron chi connectivity index (χ3n) is 4.11. The molecule has 0 radical (unpaired) electrons. The Morgan fingerprint density at radius 1 is 1.43 bits per heavy atom. The molecule has 1 unspecified atom stereocenters. The van der Waals surface area contributed by atoms with Crippen molar-refractivity contribution in [3.05, 3.63) is 11.9 Å².